The van der Waals surface area contributed by atoms with E-state index in [0.29, 0.717) is 11.5 Å². The fraction of sp³-hybridized carbons (Fsp3) is 0.429. The molecule has 1 aliphatic rings. The van der Waals surface area contributed by atoms with Crippen LogP contribution in [0.4, 0.5) is 0 Å². The van der Waals surface area contributed by atoms with Crippen molar-refractivity contribution in [2.45, 2.75) is 38.8 Å². The van der Waals surface area contributed by atoms with Crippen LogP contribution >= 0.6 is 0 Å². The largest absolute Gasteiger partial charge is 0.480 e. The van der Waals surface area contributed by atoms with Gasteiger partial charge in [-0.2, -0.15) is 0 Å². The Balaban J connectivity index is 1.96. The first kappa shape index (κ1) is 14.3. The molecule has 2 aromatic heterocycles. The third kappa shape index (κ3) is 2.26. The molecule has 0 aromatic carbocycles. The van der Waals surface area contributed by atoms with Gasteiger partial charge in [0.05, 0.1) is 24.3 Å². The monoisotopic (exact) mass is 304 g/mol. The van der Waals surface area contributed by atoms with Gasteiger partial charge in [-0.05, 0) is 0 Å². The quantitative estimate of drug-likeness (QED) is 0.880. The lowest BCUT2D eigenvalue weighted by Gasteiger charge is -2.32. The zero-order chi connectivity index (χ0) is 15.9. The summed E-state index contributed by atoms with van der Waals surface area (Å²) in [6.45, 7) is 3.93. The van der Waals surface area contributed by atoms with Crippen molar-refractivity contribution in [3.05, 3.63) is 35.6 Å². The van der Waals surface area contributed by atoms with Crippen LogP contribution in [-0.2, 0) is 17.8 Å². The fourth-order valence-electron chi connectivity index (χ4n) is 2.63. The number of carboxylic acids is 1. The van der Waals surface area contributed by atoms with Gasteiger partial charge in [-0.25, -0.2) is 14.8 Å². The van der Waals surface area contributed by atoms with Crippen molar-refractivity contribution in [1.29, 1.82) is 0 Å². The third-order valence-corrected chi connectivity index (χ3v) is 3.77. The highest BCUT2D eigenvalue weighted by molar-refractivity contribution is 5.96. The second-order valence-corrected chi connectivity index (χ2v) is 5.54. The van der Waals surface area contributed by atoms with Crippen molar-refractivity contribution >= 4 is 11.9 Å². The SMILES string of the molecule is CC(C)c1ocnc1C(=O)N1Cc2[nH]cnc2C[C@@H]1C(=O)O. The smallest absolute Gasteiger partial charge is 0.326 e. The number of fused-ring (bicyclic) bond motifs is 1. The number of carbonyl (C=O) groups is 2. The molecular weight excluding hydrogens is 288 g/mol. The summed E-state index contributed by atoms with van der Waals surface area (Å²) >= 11 is 0. The molecule has 0 radical (unpaired) electrons. The Morgan fingerprint density at radius 3 is 2.91 bits per heavy atom. The summed E-state index contributed by atoms with van der Waals surface area (Å²) in [4.78, 5) is 36.6. The van der Waals surface area contributed by atoms with Crippen LogP contribution in [0.2, 0.25) is 0 Å². The molecule has 2 aromatic rings. The maximum atomic E-state index is 12.7. The number of rotatable bonds is 3. The number of aromatic nitrogens is 3. The van der Waals surface area contributed by atoms with Crippen LogP contribution in [0.25, 0.3) is 0 Å². The highest BCUT2D eigenvalue weighted by Crippen LogP contribution is 2.25. The Morgan fingerprint density at radius 1 is 1.45 bits per heavy atom. The number of aliphatic carboxylic acids is 1. The van der Waals surface area contributed by atoms with Crippen LogP contribution < -0.4 is 0 Å². The van der Waals surface area contributed by atoms with Crippen molar-refractivity contribution < 1.29 is 19.1 Å². The number of amides is 1. The highest BCUT2D eigenvalue weighted by Gasteiger charge is 2.38. The normalized spacial score (nSPS) is 17.6. The molecule has 1 atom stereocenters. The van der Waals surface area contributed by atoms with Gasteiger partial charge in [-0.15, -0.1) is 0 Å². The molecule has 3 rings (SSSR count). The molecule has 116 valence electrons. The van der Waals surface area contributed by atoms with Gasteiger partial charge in [0.2, 0.25) is 0 Å². The van der Waals surface area contributed by atoms with E-state index in [0.717, 1.165) is 5.69 Å². The molecule has 2 N–H and O–H groups in total. The summed E-state index contributed by atoms with van der Waals surface area (Å²) in [6, 6.07) is -0.958. The van der Waals surface area contributed by atoms with E-state index in [4.69, 9.17) is 4.42 Å². The summed E-state index contributed by atoms with van der Waals surface area (Å²) in [5.74, 6) is -1.05. The summed E-state index contributed by atoms with van der Waals surface area (Å²) in [6.07, 6.45) is 2.89. The third-order valence-electron chi connectivity index (χ3n) is 3.77. The minimum absolute atomic E-state index is 0.0164. The van der Waals surface area contributed by atoms with Crippen molar-refractivity contribution in [3.63, 3.8) is 0 Å². The number of H-pyrrole nitrogens is 1. The fourth-order valence-corrected chi connectivity index (χ4v) is 2.63. The topological polar surface area (TPSA) is 112 Å². The van der Waals surface area contributed by atoms with Crippen molar-refractivity contribution in [1.82, 2.24) is 19.9 Å². The van der Waals surface area contributed by atoms with Gasteiger partial charge in [0.25, 0.3) is 5.91 Å². The summed E-state index contributed by atoms with van der Waals surface area (Å²) < 4.78 is 5.26. The predicted octanol–water partition coefficient (Wildman–Crippen LogP) is 1.17. The number of nitrogens with zero attached hydrogens (tertiary/aromatic N) is 3. The molecule has 0 saturated carbocycles. The number of carbonyl (C=O) groups excluding carboxylic acids is 1. The number of imidazole rings is 1. The van der Waals surface area contributed by atoms with Crippen molar-refractivity contribution in [2.24, 2.45) is 0 Å². The first-order chi connectivity index (χ1) is 10.5. The van der Waals surface area contributed by atoms with Gasteiger partial charge < -0.3 is 19.4 Å². The second-order valence-electron chi connectivity index (χ2n) is 5.54. The summed E-state index contributed by atoms with van der Waals surface area (Å²) in [5, 5.41) is 9.42. The van der Waals surface area contributed by atoms with Crippen molar-refractivity contribution in [2.75, 3.05) is 0 Å². The standard InChI is InChI=1S/C14H16N4O4/c1-7(2)12-11(17-6-22-12)13(19)18-4-9-8(15-5-16-9)3-10(18)14(20)21/h5-7,10H,3-4H2,1-2H3,(H,15,16)(H,20,21)/t10-/m1/s1. The predicted molar refractivity (Wildman–Crippen MR) is 74.2 cm³/mol. The molecule has 0 bridgehead atoms. The van der Waals surface area contributed by atoms with E-state index in [9.17, 15) is 14.7 Å². The van der Waals surface area contributed by atoms with Gasteiger partial charge in [0.15, 0.2) is 12.1 Å². The lowest BCUT2D eigenvalue weighted by atomic mass is 10.0. The molecule has 0 fully saturated rings. The molecule has 0 aliphatic carbocycles. The maximum absolute atomic E-state index is 12.7. The van der Waals surface area contributed by atoms with Crippen LogP contribution in [0.1, 0.15) is 47.4 Å². The Morgan fingerprint density at radius 2 is 2.23 bits per heavy atom. The Kier molecular flexibility index (Phi) is 3.44. The van der Waals surface area contributed by atoms with E-state index in [1.54, 1.807) is 0 Å². The minimum atomic E-state index is -1.06. The minimum Gasteiger partial charge on any atom is -0.480 e. The van der Waals surface area contributed by atoms with E-state index >= 15 is 0 Å². The molecule has 0 saturated heterocycles. The lowest BCUT2D eigenvalue weighted by molar-refractivity contribution is -0.142. The first-order valence-corrected chi connectivity index (χ1v) is 6.97. The van der Waals surface area contributed by atoms with Crippen molar-refractivity contribution in [3.8, 4) is 0 Å². The Labute approximate surface area is 126 Å². The highest BCUT2D eigenvalue weighted by atomic mass is 16.4. The van der Waals surface area contributed by atoms with Gasteiger partial charge in [0.1, 0.15) is 11.8 Å². The van der Waals surface area contributed by atoms with Gasteiger partial charge in [-0.1, -0.05) is 13.8 Å². The van der Waals surface area contributed by atoms with Gasteiger partial charge in [0, 0.05) is 12.3 Å². The van der Waals surface area contributed by atoms with Crippen LogP contribution in [-0.4, -0.2) is 42.9 Å². The van der Waals surface area contributed by atoms with Crippen LogP contribution in [0.5, 0.6) is 0 Å². The van der Waals surface area contributed by atoms with E-state index in [-0.39, 0.29) is 24.6 Å². The second kappa shape index (κ2) is 5.28. The molecular formula is C14H16N4O4. The van der Waals surface area contributed by atoms with Crippen LogP contribution in [0.3, 0.4) is 0 Å². The summed E-state index contributed by atoms with van der Waals surface area (Å²) in [7, 11) is 0. The zero-order valence-electron chi connectivity index (χ0n) is 12.2. The molecule has 8 nitrogen and oxygen atoms in total. The molecule has 0 unspecified atom stereocenters. The molecule has 0 spiro atoms. The molecule has 1 aliphatic heterocycles. The summed E-state index contributed by atoms with van der Waals surface area (Å²) in [5.41, 5.74) is 1.60. The van der Waals surface area contributed by atoms with Gasteiger partial charge >= 0.3 is 5.97 Å². The molecule has 22 heavy (non-hydrogen) atoms. The van der Waals surface area contributed by atoms with Crippen LogP contribution in [0, 0.1) is 0 Å². The van der Waals surface area contributed by atoms with E-state index in [2.05, 4.69) is 15.0 Å². The van der Waals surface area contributed by atoms with Crippen LogP contribution in [0.15, 0.2) is 17.1 Å². The Hall–Kier alpha value is -2.64. The average Bonchev–Trinajstić information content (AvgIpc) is 3.13. The van der Waals surface area contributed by atoms with Gasteiger partial charge in [-0.3, -0.25) is 4.79 Å². The number of hydrogen-bond donors (Lipinski definition) is 2. The first-order valence-electron chi connectivity index (χ1n) is 6.97. The van der Waals surface area contributed by atoms with E-state index < -0.39 is 17.9 Å². The number of hydrogen-bond acceptors (Lipinski definition) is 5. The Bertz CT molecular complexity index is 718. The number of oxazole rings is 1. The molecule has 1 amide bonds. The zero-order valence-corrected chi connectivity index (χ0v) is 12.2. The number of nitrogens with one attached hydrogen (secondary N) is 1. The number of aromatic amines is 1. The van der Waals surface area contributed by atoms with E-state index in [1.807, 2.05) is 13.8 Å². The lowest BCUT2D eigenvalue weighted by Crippen LogP contribution is -2.49. The van der Waals surface area contributed by atoms with E-state index in [1.165, 1.54) is 17.6 Å². The average molecular weight is 304 g/mol. The maximum Gasteiger partial charge on any atom is 0.326 e. The molecule has 3 heterocycles. The molecule has 8 heteroatoms. The number of carboxylic acid groups (broad SMARTS) is 1.